The molecule has 3 nitrogen and oxygen atoms in total. The summed E-state index contributed by atoms with van der Waals surface area (Å²) in [5, 5.41) is 0.109. The standard InChI is InChI=1S/C12H27NO2Si/c1-9(2)8-10(11(13)14)15-16(6,7)12(3,4)5/h9-10H,8H2,1-7H3,(H2,13,14)/t10-/m0/s1. The summed E-state index contributed by atoms with van der Waals surface area (Å²) in [4.78, 5) is 11.4. The Morgan fingerprint density at radius 3 is 2.00 bits per heavy atom. The Morgan fingerprint density at radius 1 is 1.31 bits per heavy atom. The highest BCUT2D eigenvalue weighted by atomic mass is 28.4. The van der Waals surface area contributed by atoms with E-state index in [2.05, 4.69) is 47.7 Å². The van der Waals surface area contributed by atoms with Crippen LogP contribution < -0.4 is 5.73 Å². The fourth-order valence-corrected chi connectivity index (χ4v) is 2.46. The molecule has 0 spiro atoms. The maximum Gasteiger partial charge on any atom is 0.245 e. The predicted octanol–water partition coefficient (Wildman–Crippen LogP) is 2.91. The van der Waals surface area contributed by atoms with Gasteiger partial charge in [-0.1, -0.05) is 34.6 Å². The van der Waals surface area contributed by atoms with E-state index in [0.717, 1.165) is 0 Å². The van der Waals surface area contributed by atoms with Crippen LogP contribution in [0.5, 0.6) is 0 Å². The zero-order chi connectivity index (χ0) is 13.1. The van der Waals surface area contributed by atoms with Crippen LogP contribution in [-0.2, 0) is 9.22 Å². The lowest BCUT2D eigenvalue weighted by Gasteiger charge is -2.38. The Hall–Kier alpha value is -0.353. The van der Waals surface area contributed by atoms with Gasteiger partial charge in [0.05, 0.1) is 0 Å². The number of nitrogens with two attached hydrogens (primary N) is 1. The first-order valence-corrected chi connectivity index (χ1v) is 8.85. The molecule has 0 bridgehead atoms. The second-order valence-electron chi connectivity index (χ2n) is 6.40. The molecular weight excluding hydrogens is 218 g/mol. The average molecular weight is 245 g/mol. The molecule has 0 aromatic heterocycles. The van der Waals surface area contributed by atoms with Crippen LogP contribution in [0.4, 0.5) is 0 Å². The van der Waals surface area contributed by atoms with Gasteiger partial charge in [-0.05, 0) is 30.5 Å². The van der Waals surface area contributed by atoms with Gasteiger partial charge in [-0.25, -0.2) is 0 Å². The first-order chi connectivity index (χ1) is 6.97. The van der Waals surface area contributed by atoms with E-state index in [9.17, 15) is 4.79 Å². The lowest BCUT2D eigenvalue weighted by molar-refractivity contribution is -0.125. The molecule has 2 N–H and O–H groups in total. The predicted molar refractivity (Wildman–Crippen MR) is 70.7 cm³/mol. The Labute approximate surface area is 101 Å². The highest BCUT2D eigenvalue weighted by molar-refractivity contribution is 6.74. The van der Waals surface area contributed by atoms with Crippen molar-refractivity contribution in [2.45, 2.75) is 65.3 Å². The van der Waals surface area contributed by atoms with E-state index in [0.29, 0.717) is 12.3 Å². The van der Waals surface area contributed by atoms with Gasteiger partial charge < -0.3 is 10.2 Å². The maximum absolute atomic E-state index is 11.4. The summed E-state index contributed by atoms with van der Waals surface area (Å²) in [6, 6.07) is 0. The molecule has 1 atom stereocenters. The molecule has 0 aliphatic rings. The molecule has 0 aromatic rings. The molecule has 0 heterocycles. The van der Waals surface area contributed by atoms with Crippen molar-refractivity contribution >= 4 is 14.2 Å². The minimum Gasteiger partial charge on any atom is -0.405 e. The van der Waals surface area contributed by atoms with E-state index in [4.69, 9.17) is 10.2 Å². The van der Waals surface area contributed by atoms with Crippen molar-refractivity contribution in [1.29, 1.82) is 0 Å². The van der Waals surface area contributed by atoms with Crippen molar-refractivity contribution in [3.8, 4) is 0 Å². The van der Waals surface area contributed by atoms with Crippen LogP contribution in [0.2, 0.25) is 18.1 Å². The number of hydrogen-bond donors (Lipinski definition) is 1. The summed E-state index contributed by atoms with van der Waals surface area (Å²) in [5.41, 5.74) is 5.39. The Morgan fingerprint density at radius 2 is 1.75 bits per heavy atom. The number of hydrogen-bond acceptors (Lipinski definition) is 2. The third-order valence-electron chi connectivity index (χ3n) is 3.25. The molecule has 0 aliphatic heterocycles. The molecule has 0 saturated heterocycles. The third-order valence-corrected chi connectivity index (χ3v) is 7.73. The summed E-state index contributed by atoms with van der Waals surface area (Å²) in [6.07, 6.45) is 0.280. The van der Waals surface area contributed by atoms with Gasteiger partial charge in [-0.2, -0.15) is 0 Å². The topological polar surface area (TPSA) is 52.3 Å². The van der Waals surface area contributed by atoms with E-state index in [1.165, 1.54) is 0 Å². The summed E-state index contributed by atoms with van der Waals surface area (Å²) >= 11 is 0. The Bertz CT molecular complexity index is 244. The van der Waals surface area contributed by atoms with E-state index < -0.39 is 14.4 Å². The van der Waals surface area contributed by atoms with Crippen molar-refractivity contribution in [3.05, 3.63) is 0 Å². The number of carbonyl (C=O) groups is 1. The van der Waals surface area contributed by atoms with E-state index in [1.807, 2.05) is 0 Å². The first kappa shape index (κ1) is 15.6. The molecule has 0 fully saturated rings. The fourth-order valence-electron chi connectivity index (χ4n) is 1.18. The fraction of sp³-hybridized carbons (Fsp3) is 0.917. The van der Waals surface area contributed by atoms with Gasteiger partial charge >= 0.3 is 0 Å². The quantitative estimate of drug-likeness (QED) is 0.757. The zero-order valence-electron chi connectivity index (χ0n) is 11.8. The summed E-state index contributed by atoms with van der Waals surface area (Å²) in [5.74, 6) is 0.0841. The summed E-state index contributed by atoms with van der Waals surface area (Å²) in [7, 11) is -1.90. The van der Waals surface area contributed by atoms with Crippen LogP contribution >= 0.6 is 0 Å². The lowest BCUT2D eigenvalue weighted by atomic mass is 10.1. The summed E-state index contributed by atoms with van der Waals surface area (Å²) in [6.45, 7) is 14.9. The van der Waals surface area contributed by atoms with E-state index in [1.54, 1.807) is 0 Å². The molecule has 0 rings (SSSR count). The van der Waals surface area contributed by atoms with Gasteiger partial charge in [-0.15, -0.1) is 0 Å². The zero-order valence-corrected chi connectivity index (χ0v) is 12.8. The average Bonchev–Trinajstić information content (AvgIpc) is 1.98. The molecule has 0 aromatic carbocycles. The number of amides is 1. The van der Waals surface area contributed by atoms with Crippen LogP contribution in [0.1, 0.15) is 41.0 Å². The molecule has 4 heteroatoms. The van der Waals surface area contributed by atoms with Gasteiger partial charge in [0.2, 0.25) is 5.91 Å². The monoisotopic (exact) mass is 245 g/mol. The minimum atomic E-state index is -1.90. The van der Waals surface area contributed by atoms with E-state index >= 15 is 0 Å². The van der Waals surface area contributed by atoms with Crippen LogP contribution in [0.25, 0.3) is 0 Å². The maximum atomic E-state index is 11.4. The highest BCUT2D eigenvalue weighted by Gasteiger charge is 2.40. The van der Waals surface area contributed by atoms with Crippen LogP contribution in [-0.4, -0.2) is 20.3 Å². The number of primary amides is 1. The van der Waals surface area contributed by atoms with Crippen molar-refractivity contribution in [1.82, 2.24) is 0 Å². The van der Waals surface area contributed by atoms with Crippen LogP contribution in [0.15, 0.2) is 0 Å². The Kier molecular flexibility index (Phi) is 5.20. The normalized spacial score (nSPS) is 15.2. The van der Waals surface area contributed by atoms with Gasteiger partial charge in [0.25, 0.3) is 0 Å². The van der Waals surface area contributed by atoms with Gasteiger partial charge in [0.15, 0.2) is 8.32 Å². The van der Waals surface area contributed by atoms with Crippen molar-refractivity contribution < 1.29 is 9.22 Å². The van der Waals surface area contributed by atoms with Crippen molar-refractivity contribution in [2.75, 3.05) is 0 Å². The molecule has 0 radical (unpaired) electrons. The third kappa shape index (κ3) is 4.66. The largest absolute Gasteiger partial charge is 0.405 e. The van der Waals surface area contributed by atoms with E-state index in [-0.39, 0.29) is 10.9 Å². The van der Waals surface area contributed by atoms with Crippen LogP contribution in [0.3, 0.4) is 0 Å². The molecule has 0 unspecified atom stereocenters. The molecular formula is C12H27NO2Si. The first-order valence-electron chi connectivity index (χ1n) is 5.94. The second kappa shape index (κ2) is 5.32. The van der Waals surface area contributed by atoms with Crippen molar-refractivity contribution in [3.63, 3.8) is 0 Å². The highest BCUT2D eigenvalue weighted by Crippen LogP contribution is 2.37. The molecule has 0 saturated carbocycles. The molecule has 0 aliphatic carbocycles. The van der Waals surface area contributed by atoms with Gasteiger partial charge in [-0.3, -0.25) is 4.79 Å². The summed E-state index contributed by atoms with van der Waals surface area (Å²) < 4.78 is 6.04. The second-order valence-corrected chi connectivity index (χ2v) is 11.2. The van der Waals surface area contributed by atoms with Crippen LogP contribution in [0, 0.1) is 5.92 Å². The Balaban J connectivity index is 4.69. The molecule has 16 heavy (non-hydrogen) atoms. The molecule has 1 amide bonds. The van der Waals surface area contributed by atoms with Gasteiger partial charge in [0, 0.05) is 0 Å². The SMILES string of the molecule is CC(C)C[C@H](O[Si](C)(C)C(C)(C)C)C(N)=O. The number of carbonyl (C=O) groups excluding carboxylic acids is 1. The lowest BCUT2D eigenvalue weighted by Crippen LogP contribution is -2.48. The molecule has 96 valence electrons. The van der Waals surface area contributed by atoms with Crippen molar-refractivity contribution in [2.24, 2.45) is 11.7 Å². The minimum absolute atomic E-state index is 0.109. The number of rotatable bonds is 5. The smallest absolute Gasteiger partial charge is 0.245 e. The van der Waals surface area contributed by atoms with Gasteiger partial charge in [0.1, 0.15) is 6.10 Å².